The maximum absolute atomic E-state index is 5.07. The summed E-state index contributed by atoms with van der Waals surface area (Å²) >= 11 is 0. The van der Waals surface area contributed by atoms with Gasteiger partial charge in [-0.2, -0.15) is 0 Å². The minimum Gasteiger partial charge on any atom is -0.309 e. The van der Waals surface area contributed by atoms with Crippen molar-refractivity contribution in [2.24, 2.45) is 0 Å². The Bertz CT molecular complexity index is 2740. The highest BCUT2D eigenvalue weighted by Crippen LogP contribution is 2.51. The predicted octanol–water partition coefficient (Wildman–Crippen LogP) is 11.9. The van der Waals surface area contributed by atoms with Gasteiger partial charge in [-0.1, -0.05) is 147 Å². The lowest BCUT2D eigenvalue weighted by Crippen LogP contribution is -2.15. The summed E-state index contributed by atoms with van der Waals surface area (Å²) in [6.07, 6.45) is 0. The Balaban J connectivity index is 1.23. The smallest absolute Gasteiger partial charge is 0.164 e. The lowest BCUT2D eigenvalue weighted by Gasteiger charge is -2.22. The van der Waals surface area contributed by atoms with Crippen LogP contribution in [0.4, 0.5) is 0 Å². The maximum Gasteiger partial charge on any atom is 0.164 e. The molecule has 2 heterocycles. The summed E-state index contributed by atoms with van der Waals surface area (Å²) in [5, 5.41) is 2.49. The summed E-state index contributed by atoms with van der Waals surface area (Å²) < 4.78 is 2.45. The topological polar surface area (TPSA) is 43.6 Å². The molecule has 0 spiro atoms. The number of benzene rings is 7. The third-order valence-corrected chi connectivity index (χ3v) is 10.7. The zero-order valence-electron chi connectivity index (χ0n) is 29.0. The van der Waals surface area contributed by atoms with E-state index in [0.717, 1.165) is 33.5 Å². The molecule has 4 nitrogen and oxygen atoms in total. The van der Waals surface area contributed by atoms with Gasteiger partial charge >= 0.3 is 0 Å². The summed E-state index contributed by atoms with van der Waals surface area (Å²) in [5.74, 6) is 1.93. The van der Waals surface area contributed by atoms with Gasteiger partial charge in [0, 0.05) is 38.4 Å². The molecule has 0 bridgehead atoms. The van der Waals surface area contributed by atoms with Crippen LogP contribution in [-0.4, -0.2) is 19.5 Å². The summed E-state index contributed by atoms with van der Waals surface area (Å²) in [4.78, 5) is 15.1. The van der Waals surface area contributed by atoms with Gasteiger partial charge in [-0.15, -0.1) is 0 Å². The van der Waals surface area contributed by atoms with E-state index in [1.807, 2.05) is 60.7 Å². The first-order valence-electron chi connectivity index (χ1n) is 17.8. The minimum atomic E-state index is -0.112. The molecule has 246 valence electrons. The number of hydrogen-bond donors (Lipinski definition) is 0. The minimum absolute atomic E-state index is 0.112. The predicted molar refractivity (Wildman–Crippen MR) is 213 cm³/mol. The van der Waals surface area contributed by atoms with Crippen molar-refractivity contribution in [1.29, 1.82) is 0 Å². The van der Waals surface area contributed by atoms with Gasteiger partial charge < -0.3 is 4.57 Å². The molecule has 9 aromatic rings. The van der Waals surface area contributed by atoms with E-state index in [1.165, 1.54) is 44.1 Å². The second kappa shape index (κ2) is 11.7. The maximum atomic E-state index is 5.07. The van der Waals surface area contributed by atoms with Crippen molar-refractivity contribution < 1.29 is 0 Å². The van der Waals surface area contributed by atoms with Crippen LogP contribution in [0.2, 0.25) is 0 Å². The Kier molecular flexibility index (Phi) is 6.80. The van der Waals surface area contributed by atoms with E-state index in [9.17, 15) is 0 Å². The first-order valence-corrected chi connectivity index (χ1v) is 17.8. The van der Waals surface area contributed by atoms with E-state index in [-0.39, 0.29) is 5.41 Å². The molecule has 0 saturated carbocycles. The van der Waals surface area contributed by atoms with E-state index >= 15 is 0 Å². The van der Waals surface area contributed by atoms with Gasteiger partial charge in [0.1, 0.15) is 0 Å². The van der Waals surface area contributed by atoms with Gasteiger partial charge in [0.15, 0.2) is 17.5 Å². The number of aromatic nitrogens is 4. The van der Waals surface area contributed by atoms with E-state index in [1.54, 1.807) is 0 Å². The second-order valence-electron chi connectivity index (χ2n) is 14.1. The molecule has 0 radical (unpaired) electrons. The fourth-order valence-electron chi connectivity index (χ4n) is 8.08. The molecule has 1 aliphatic carbocycles. The molecule has 0 unspecified atom stereocenters. The number of nitrogens with zero attached hydrogens (tertiary/aromatic N) is 4. The van der Waals surface area contributed by atoms with Crippen molar-refractivity contribution in [3.05, 3.63) is 181 Å². The fourth-order valence-corrected chi connectivity index (χ4v) is 8.08. The second-order valence-corrected chi connectivity index (χ2v) is 14.1. The van der Waals surface area contributed by atoms with Gasteiger partial charge in [-0.05, 0) is 64.2 Å². The van der Waals surface area contributed by atoms with Gasteiger partial charge in [-0.3, -0.25) is 0 Å². The first kappa shape index (κ1) is 30.2. The van der Waals surface area contributed by atoms with Gasteiger partial charge in [0.05, 0.1) is 16.7 Å². The van der Waals surface area contributed by atoms with E-state index in [2.05, 4.69) is 128 Å². The van der Waals surface area contributed by atoms with Gasteiger partial charge in [-0.25, -0.2) is 15.0 Å². The molecule has 0 amide bonds. The van der Waals surface area contributed by atoms with Crippen molar-refractivity contribution in [3.8, 4) is 62.1 Å². The average molecular weight is 667 g/mol. The zero-order chi connectivity index (χ0) is 34.8. The Morgan fingerprint density at radius 1 is 0.385 bits per heavy atom. The lowest BCUT2D eigenvalue weighted by atomic mass is 9.82. The molecule has 1 aliphatic rings. The Morgan fingerprint density at radius 2 is 0.942 bits per heavy atom. The monoisotopic (exact) mass is 666 g/mol. The highest BCUT2D eigenvalue weighted by atomic mass is 15.0. The molecule has 10 rings (SSSR count). The standard InChI is InChI=1S/C48H34N4/c1-48(2)40-24-14-12-22-35(40)38-29-39-36-23-13-15-25-42(36)52(44(39)30-41(38)48)43-27-26-34(28-37(43)31-16-6-3-7-17-31)47-50-45(32-18-8-4-9-19-32)49-46(51-47)33-20-10-5-11-21-33/h3-30H,1-2H3. The SMILES string of the molecule is CC1(C)c2ccccc2-c2cc3c4ccccc4n(-c4ccc(-c5nc(-c6ccccc6)nc(-c6ccccc6)n5)cc4-c4ccccc4)c3cc21. The van der Waals surface area contributed by atoms with E-state index in [0.29, 0.717) is 17.5 Å². The van der Waals surface area contributed by atoms with E-state index in [4.69, 9.17) is 15.0 Å². The normalized spacial score (nSPS) is 13.0. The molecule has 0 aliphatic heterocycles. The van der Waals surface area contributed by atoms with Gasteiger partial charge in [0.25, 0.3) is 0 Å². The molecule has 0 atom stereocenters. The Morgan fingerprint density at radius 3 is 1.62 bits per heavy atom. The summed E-state index contributed by atoms with van der Waals surface area (Å²) in [6.45, 7) is 4.70. The fraction of sp³-hybridized carbons (Fsp3) is 0.0625. The van der Waals surface area contributed by atoms with Crippen LogP contribution in [0.5, 0.6) is 0 Å². The quantitative estimate of drug-likeness (QED) is 0.184. The first-order chi connectivity index (χ1) is 25.5. The number of para-hydroxylation sites is 1. The third-order valence-electron chi connectivity index (χ3n) is 10.7. The van der Waals surface area contributed by atoms with Crippen molar-refractivity contribution in [2.45, 2.75) is 19.3 Å². The Hall–Kier alpha value is -6.65. The van der Waals surface area contributed by atoms with Crippen LogP contribution < -0.4 is 0 Å². The number of fused-ring (bicyclic) bond motifs is 6. The van der Waals surface area contributed by atoms with Crippen LogP contribution in [0.1, 0.15) is 25.0 Å². The van der Waals surface area contributed by atoms with Crippen molar-refractivity contribution in [2.75, 3.05) is 0 Å². The summed E-state index contributed by atoms with van der Waals surface area (Å²) in [7, 11) is 0. The summed E-state index contributed by atoms with van der Waals surface area (Å²) in [6, 6.07) is 60.1. The molecule has 7 aromatic carbocycles. The van der Waals surface area contributed by atoms with E-state index < -0.39 is 0 Å². The summed E-state index contributed by atoms with van der Waals surface area (Å²) in [5.41, 5.74) is 13.8. The van der Waals surface area contributed by atoms with Crippen LogP contribution in [0.3, 0.4) is 0 Å². The molecule has 52 heavy (non-hydrogen) atoms. The van der Waals surface area contributed by atoms with Crippen LogP contribution in [0.25, 0.3) is 83.9 Å². The van der Waals surface area contributed by atoms with Crippen molar-refractivity contribution in [3.63, 3.8) is 0 Å². The molecular formula is C48H34N4. The van der Waals surface area contributed by atoms with Crippen LogP contribution in [-0.2, 0) is 5.41 Å². The van der Waals surface area contributed by atoms with Crippen LogP contribution in [0, 0.1) is 0 Å². The molecular weight excluding hydrogens is 633 g/mol. The van der Waals surface area contributed by atoms with Crippen LogP contribution >= 0.6 is 0 Å². The average Bonchev–Trinajstić information content (AvgIpc) is 3.65. The number of rotatable bonds is 5. The highest BCUT2D eigenvalue weighted by Gasteiger charge is 2.36. The largest absolute Gasteiger partial charge is 0.309 e. The molecule has 4 heteroatoms. The lowest BCUT2D eigenvalue weighted by molar-refractivity contribution is 0.661. The highest BCUT2D eigenvalue weighted by molar-refractivity contribution is 6.12. The molecule has 0 saturated heterocycles. The number of hydrogen-bond acceptors (Lipinski definition) is 3. The van der Waals surface area contributed by atoms with Crippen molar-refractivity contribution in [1.82, 2.24) is 19.5 Å². The zero-order valence-corrected chi connectivity index (χ0v) is 29.0. The van der Waals surface area contributed by atoms with Crippen molar-refractivity contribution >= 4 is 21.8 Å². The van der Waals surface area contributed by atoms with Gasteiger partial charge in [0.2, 0.25) is 0 Å². The molecule has 2 aromatic heterocycles. The Labute approximate surface area is 302 Å². The molecule has 0 N–H and O–H groups in total. The third kappa shape index (κ3) is 4.72. The van der Waals surface area contributed by atoms with Crippen LogP contribution in [0.15, 0.2) is 170 Å². The molecule has 0 fully saturated rings.